The Morgan fingerprint density at radius 2 is 1.00 bits per heavy atom. The zero-order chi connectivity index (χ0) is 27.9. The second kappa shape index (κ2) is 30.4. The summed E-state index contributed by atoms with van der Waals surface area (Å²) in [5.41, 5.74) is 0. The molecule has 0 spiro atoms. The zero-order valence-corrected chi connectivity index (χ0v) is 25.4. The molecule has 0 fully saturated rings. The lowest BCUT2D eigenvalue weighted by Gasteiger charge is -2.20. The van der Waals surface area contributed by atoms with Gasteiger partial charge in [0, 0.05) is 6.42 Å². The minimum absolute atomic E-state index is 0.0760. The van der Waals surface area contributed by atoms with Gasteiger partial charge in [0.1, 0.15) is 0 Å². The van der Waals surface area contributed by atoms with Crippen molar-refractivity contribution in [2.75, 3.05) is 6.61 Å². The molecular weight excluding hydrogens is 470 g/mol. The Morgan fingerprint density at radius 1 is 0.605 bits per heavy atom. The van der Waals surface area contributed by atoms with Gasteiger partial charge in [0.05, 0.1) is 18.8 Å². The first-order valence-electron chi connectivity index (χ1n) is 16.6. The van der Waals surface area contributed by atoms with Crippen LogP contribution in [0.5, 0.6) is 0 Å². The van der Waals surface area contributed by atoms with Gasteiger partial charge in [0.25, 0.3) is 0 Å². The summed E-state index contributed by atoms with van der Waals surface area (Å²) in [4.78, 5) is 12.2. The van der Waals surface area contributed by atoms with Crippen LogP contribution in [-0.2, 0) is 4.79 Å². The standard InChI is InChI=1S/C34H65NO3/c1-3-5-7-9-11-13-15-17-19-21-23-25-27-29-33(37)32(31-36)35-34(38)30-28-26-24-22-20-18-16-14-12-10-8-6-4-2/h14,16,27,29,32-33,36-37H,3-13,15,17-26,28,30-31H2,1-2H3,(H,35,38)/b16-14-,29-27+. The van der Waals surface area contributed by atoms with Crippen molar-refractivity contribution in [1.82, 2.24) is 5.32 Å². The van der Waals surface area contributed by atoms with Gasteiger partial charge in [-0.05, 0) is 44.9 Å². The van der Waals surface area contributed by atoms with Crippen LogP contribution in [0, 0.1) is 0 Å². The molecule has 4 nitrogen and oxygen atoms in total. The molecule has 0 aromatic rings. The summed E-state index contributed by atoms with van der Waals surface area (Å²) < 4.78 is 0. The lowest BCUT2D eigenvalue weighted by Crippen LogP contribution is -2.45. The number of amides is 1. The maximum atomic E-state index is 12.2. The number of allylic oxidation sites excluding steroid dienone is 3. The lowest BCUT2D eigenvalue weighted by atomic mass is 10.0. The summed E-state index contributed by atoms with van der Waals surface area (Å²) in [6, 6.07) is -0.621. The molecule has 2 atom stereocenters. The highest BCUT2D eigenvalue weighted by Crippen LogP contribution is 2.13. The van der Waals surface area contributed by atoms with E-state index in [0.717, 1.165) is 38.5 Å². The van der Waals surface area contributed by atoms with E-state index in [9.17, 15) is 15.0 Å². The molecule has 1 amide bonds. The summed E-state index contributed by atoms with van der Waals surface area (Å²) in [6.45, 7) is 4.26. The molecular formula is C34H65NO3. The van der Waals surface area contributed by atoms with E-state index in [1.807, 2.05) is 6.08 Å². The number of aliphatic hydroxyl groups excluding tert-OH is 2. The summed E-state index contributed by atoms with van der Waals surface area (Å²) in [5.74, 6) is -0.0760. The van der Waals surface area contributed by atoms with Crippen molar-refractivity contribution in [3.63, 3.8) is 0 Å². The number of rotatable bonds is 29. The van der Waals surface area contributed by atoms with Gasteiger partial charge in [0.2, 0.25) is 5.91 Å². The number of hydrogen-bond donors (Lipinski definition) is 3. The molecule has 3 N–H and O–H groups in total. The van der Waals surface area contributed by atoms with E-state index < -0.39 is 12.1 Å². The first kappa shape index (κ1) is 36.9. The third-order valence-electron chi connectivity index (χ3n) is 7.43. The molecule has 0 saturated heterocycles. The van der Waals surface area contributed by atoms with Crippen LogP contribution in [0.3, 0.4) is 0 Å². The molecule has 0 aliphatic rings. The summed E-state index contributed by atoms with van der Waals surface area (Å²) in [6.07, 6.45) is 36.7. The van der Waals surface area contributed by atoms with Crippen LogP contribution in [0.1, 0.15) is 168 Å². The monoisotopic (exact) mass is 535 g/mol. The number of nitrogens with one attached hydrogen (secondary N) is 1. The SMILES string of the molecule is CCCCCC/C=C\CCCCCCCC(=O)NC(CO)C(O)/C=C/CCCCCCCCCCCCC. The summed E-state index contributed by atoms with van der Waals surface area (Å²) in [7, 11) is 0. The van der Waals surface area contributed by atoms with Crippen molar-refractivity contribution in [3.8, 4) is 0 Å². The molecule has 0 aromatic carbocycles. The van der Waals surface area contributed by atoms with Crippen LogP contribution < -0.4 is 5.32 Å². The van der Waals surface area contributed by atoms with Crippen molar-refractivity contribution in [1.29, 1.82) is 0 Å². The van der Waals surface area contributed by atoms with Gasteiger partial charge in [-0.1, -0.05) is 141 Å². The maximum Gasteiger partial charge on any atom is 0.220 e. The first-order valence-corrected chi connectivity index (χ1v) is 16.6. The van der Waals surface area contributed by atoms with Crippen molar-refractivity contribution >= 4 is 5.91 Å². The largest absolute Gasteiger partial charge is 0.394 e. The molecule has 0 aliphatic carbocycles. The minimum atomic E-state index is -0.837. The molecule has 0 aliphatic heterocycles. The second-order valence-electron chi connectivity index (χ2n) is 11.2. The van der Waals surface area contributed by atoms with Crippen LogP contribution in [0.4, 0.5) is 0 Å². The number of hydrogen-bond acceptors (Lipinski definition) is 3. The van der Waals surface area contributed by atoms with Gasteiger partial charge in [0.15, 0.2) is 0 Å². The van der Waals surface area contributed by atoms with Gasteiger partial charge in [-0.15, -0.1) is 0 Å². The fraction of sp³-hybridized carbons (Fsp3) is 0.853. The average Bonchev–Trinajstić information content (AvgIpc) is 2.92. The quantitative estimate of drug-likeness (QED) is 0.0660. The Bertz CT molecular complexity index is 546. The molecule has 0 bridgehead atoms. The third-order valence-corrected chi connectivity index (χ3v) is 7.43. The van der Waals surface area contributed by atoms with Crippen LogP contribution in [-0.4, -0.2) is 34.9 Å². The van der Waals surface area contributed by atoms with Crippen molar-refractivity contribution in [3.05, 3.63) is 24.3 Å². The highest BCUT2D eigenvalue weighted by Gasteiger charge is 2.17. The van der Waals surface area contributed by atoms with Crippen LogP contribution >= 0.6 is 0 Å². The third kappa shape index (κ3) is 26.5. The topological polar surface area (TPSA) is 69.6 Å². The predicted molar refractivity (Wildman–Crippen MR) is 165 cm³/mol. The number of carbonyl (C=O) groups excluding carboxylic acids is 1. The Labute approximate surface area is 237 Å². The minimum Gasteiger partial charge on any atom is -0.394 e. The van der Waals surface area contributed by atoms with Crippen LogP contribution in [0.25, 0.3) is 0 Å². The average molecular weight is 536 g/mol. The molecule has 2 unspecified atom stereocenters. The molecule has 224 valence electrons. The molecule has 38 heavy (non-hydrogen) atoms. The number of unbranched alkanes of at least 4 members (excludes halogenated alkanes) is 20. The van der Waals surface area contributed by atoms with E-state index in [4.69, 9.17) is 0 Å². The Kier molecular flexibility index (Phi) is 29.5. The maximum absolute atomic E-state index is 12.2. The van der Waals surface area contributed by atoms with E-state index >= 15 is 0 Å². The first-order chi connectivity index (χ1) is 18.7. The van der Waals surface area contributed by atoms with Gasteiger partial charge < -0.3 is 15.5 Å². The Balaban J connectivity index is 3.68. The fourth-order valence-corrected chi connectivity index (χ4v) is 4.82. The van der Waals surface area contributed by atoms with E-state index in [1.165, 1.54) is 109 Å². The second-order valence-corrected chi connectivity index (χ2v) is 11.2. The molecule has 0 radical (unpaired) electrons. The molecule has 0 saturated carbocycles. The summed E-state index contributed by atoms with van der Waals surface area (Å²) in [5, 5.41) is 22.8. The van der Waals surface area contributed by atoms with Crippen molar-refractivity contribution in [2.24, 2.45) is 0 Å². The number of carbonyl (C=O) groups is 1. The highest BCUT2D eigenvalue weighted by molar-refractivity contribution is 5.76. The predicted octanol–water partition coefficient (Wildman–Crippen LogP) is 9.34. The number of aliphatic hydroxyl groups is 2. The van der Waals surface area contributed by atoms with E-state index in [0.29, 0.717) is 6.42 Å². The van der Waals surface area contributed by atoms with Crippen LogP contribution in [0.2, 0.25) is 0 Å². The van der Waals surface area contributed by atoms with Gasteiger partial charge >= 0.3 is 0 Å². The van der Waals surface area contributed by atoms with Gasteiger partial charge in [-0.2, -0.15) is 0 Å². The van der Waals surface area contributed by atoms with E-state index in [-0.39, 0.29) is 12.5 Å². The van der Waals surface area contributed by atoms with E-state index in [1.54, 1.807) is 6.08 Å². The molecule has 4 heteroatoms. The Hall–Kier alpha value is -1.13. The smallest absolute Gasteiger partial charge is 0.220 e. The highest BCUT2D eigenvalue weighted by atomic mass is 16.3. The molecule has 0 rings (SSSR count). The molecule has 0 heterocycles. The van der Waals surface area contributed by atoms with E-state index in [2.05, 4.69) is 31.3 Å². The normalized spacial score (nSPS) is 13.5. The summed E-state index contributed by atoms with van der Waals surface area (Å²) >= 11 is 0. The lowest BCUT2D eigenvalue weighted by molar-refractivity contribution is -0.123. The van der Waals surface area contributed by atoms with Gasteiger partial charge in [-0.25, -0.2) is 0 Å². The van der Waals surface area contributed by atoms with Gasteiger partial charge in [-0.3, -0.25) is 4.79 Å². The fourth-order valence-electron chi connectivity index (χ4n) is 4.82. The van der Waals surface area contributed by atoms with Crippen molar-refractivity contribution in [2.45, 2.75) is 180 Å². The Morgan fingerprint density at radius 3 is 1.47 bits per heavy atom. The van der Waals surface area contributed by atoms with Crippen LogP contribution in [0.15, 0.2) is 24.3 Å². The zero-order valence-electron chi connectivity index (χ0n) is 25.4. The molecule has 0 aromatic heterocycles. The van der Waals surface area contributed by atoms with Crippen molar-refractivity contribution < 1.29 is 15.0 Å².